The van der Waals surface area contributed by atoms with Gasteiger partial charge in [-0.1, -0.05) is 23.7 Å². The zero-order valence-corrected chi connectivity index (χ0v) is 14.2. The van der Waals surface area contributed by atoms with Crippen LogP contribution in [0, 0.1) is 0 Å². The Bertz CT molecular complexity index is 1080. The predicted octanol–water partition coefficient (Wildman–Crippen LogP) is 4.37. The molecule has 3 aromatic rings. The lowest BCUT2D eigenvalue weighted by Crippen LogP contribution is -2.08. The van der Waals surface area contributed by atoms with Crippen LogP contribution in [0.1, 0.15) is 5.56 Å². The van der Waals surface area contributed by atoms with E-state index in [1.54, 1.807) is 0 Å². The van der Waals surface area contributed by atoms with Gasteiger partial charge in [-0.05, 0) is 30.3 Å². The second-order valence-electron chi connectivity index (χ2n) is 5.36. The molecule has 0 atom stereocenters. The Labute approximate surface area is 146 Å². The number of hydrogen-bond donors (Lipinski definition) is 0. The molecule has 0 fully saturated rings. The number of hydrogen-bond acceptors (Lipinski definition) is 4. The van der Waals surface area contributed by atoms with Crippen LogP contribution in [0.3, 0.4) is 0 Å². The minimum atomic E-state index is -4.56. The number of alkyl halides is 3. The van der Waals surface area contributed by atoms with Gasteiger partial charge in [0.25, 0.3) is 0 Å². The number of aromatic nitrogens is 2. The van der Waals surface area contributed by atoms with Crippen molar-refractivity contribution in [1.82, 2.24) is 9.97 Å². The molecule has 0 bridgehead atoms. The molecule has 1 heterocycles. The van der Waals surface area contributed by atoms with Crippen LogP contribution in [0.4, 0.5) is 13.2 Å². The van der Waals surface area contributed by atoms with E-state index in [0.717, 1.165) is 18.4 Å². The molecule has 0 radical (unpaired) electrons. The lowest BCUT2D eigenvalue weighted by molar-refractivity contribution is -0.137. The molecule has 9 heteroatoms. The molecule has 2 aromatic carbocycles. The van der Waals surface area contributed by atoms with Gasteiger partial charge >= 0.3 is 6.18 Å². The van der Waals surface area contributed by atoms with E-state index in [4.69, 9.17) is 11.6 Å². The van der Waals surface area contributed by atoms with E-state index >= 15 is 0 Å². The van der Waals surface area contributed by atoms with Gasteiger partial charge in [0.2, 0.25) is 0 Å². The van der Waals surface area contributed by atoms with Gasteiger partial charge in [-0.25, -0.2) is 18.4 Å². The number of benzene rings is 2. The maximum Gasteiger partial charge on any atom is 0.416 e. The fourth-order valence-electron chi connectivity index (χ4n) is 2.30. The van der Waals surface area contributed by atoms with Crippen LogP contribution < -0.4 is 0 Å². The van der Waals surface area contributed by atoms with Crippen molar-refractivity contribution in [1.29, 1.82) is 0 Å². The van der Waals surface area contributed by atoms with Crippen LogP contribution in [0.15, 0.2) is 47.5 Å². The average molecular weight is 387 g/mol. The molecule has 130 valence electrons. The first kappa shape index (κ1) is 17.6. The van der Waals surface area contributed by atoms with Crippen LogP contribution in [-0.2, 0) is 16.0 Å². The number of halogens is 4. The smallest absolute Gasteiger partial charge is 0.243 e. The molecule has 4 nitrogen and oxygen atoms in total. The van der Waals surface area contributed by atoms with Crippen LogP contribution in [-0.4, -0.2) is 24.6 Å². The second kappa shape index (κ2) is 5.96. The van der Waals surface area contributed by atoms with Crippen molar-refractivity contribution in [3.05, 3.63) is 53.1 Å². The summed E-state index contributed by atoms with van der Waals surface area (Å²) >= 11 is 5.90. The molecule has 0 aliphatic carbocycles. The van der Waals surface area contributed by atoms with E-state index < -0.39 is 21.6 Å². The van der Waals surface area contributed by atoms with E-state index in [1.807, 2.05) is 0 Å². The zero-order valence-electron chi connectivity index (χ0n) is 12.7. The van der Waals surface area contributed by atoms with Crippen LogP contribution in [0.5, 0.6) is 0 Å². The minimum Gasteiger partial charge on any atom is -0.243 e. The Hall–Kier alpha value is -2.19. The SMILES string of the molecule is CS(=O)(=O)c1nc2ccc(Cl)cc2nc1-c1cccc(C(F)(F)F)c1. The van der Waals surface area contributed by atoms with Crippen molar-refractivity contribution in [2.24, 2.45) is 0 Å². The monoisotopic (exact) mass is 386 g/mol. The first-order valence-corrected chi connectivity index (χ1v) is 9.17. The fraction of sp³-hybridized carbons (Fsp3) is 0.125. The molecule has 0 aliphatic heterocycles. The highest BCUT2D eigenvalue weighted by Crippen LogP contribution is 2.34. The topological polar surface area (TPSA) is 59.9 Å². The van der Waals surface area contributed by atoms with Crippen molar-refractivity contribution >= 4 is 32.5 Å². The minimum absolute atomic E-state index is 0.00428. The van der Waals surface area contributed by atoms with Gasteiger partial charge in [0.1, 0.15) is 5.69 Å². The van der Waals surface area contributed by atoms with Gasteiger partial charge < -0.3 is 0 Å². The third-order valence-electron chi connectivity index (χ3n) is 3.41. The van der Waals surface area contributed by atoms with Crippen LogP contribution in [0.2, 0.25) is 5.02 Å². The molecule has 0 amide bonds. The average Bonchev–Trinajstić information content (AvgIpc) is 2.52. The number of fused-ring (bicyclic) bond motifs is 1. The van der Waals surface area contributed by atoms with Gasteiger partial charge in [0.05, 0.1) is 16.6 Å². The lowest BCUT2D eigenvalue weighted by atomic mass is 10.1. The van der Waals surface area contributed by atoms with E-state index in [0.29, 0.717) is 5.02 Å². The summed E-state index contributed by atoms with van der Waals surface area (Å²) in [7, 11) is -3.82. The highest BCUT2D eigenvalue weighted by molar-refractivity contribution is 7.90. The van der Waals surface area contributed by atoms with Gasteiger partial charge in [0.15, 0.2) is 14.9 Å². The Kier molecular flexibility index (Phi) is 4.20. The normalized spacial score (nSPS) is 12.5. The van der Waals surface area contributed by atoms with E-state index in [-0.39, 0.29) is 27.3 Å². The molecular weight excluding hydrogens is 377 g/mol. The third-order valence-corrected chi connectivity index (χ3v) is 4.63. The third kappa shape index (κ3) is 3.59. The Morgan fingerprint density at radius 3 is 2.36 bits per heavy atom. The van der Waals surface area contributed by atoms with Crippen molar-refractivity contribution < 1.29 is 21.6 Å². The molecule has 1 aromatic heterocycles. The first-order valence-electron chi connectivity index (χ1n) is 6.91. The highest BCUT2D eigenvalue weighted by atomic mass is 35.5. The molecule has 0 N–H and O–H groups in total. The molecule has 0 aliphatic rings. The summed E-state index contributed by atoms with van der Waals surface area (Å²) in [5.74, 6) is 0. The summed E-state index contributed by atoms with van der Waals surface area (Å²) in [6, 6.07) is 8.76. The molecular formula is C16H10ClF3N2O2S. The highest BCUT2D eigenvalue weighted by Gasteiger charge is 2.31. The van der Waals surface area contributed by atoms with Gasteiger partial charge in [-0.15, -0.1) is 0 Å². The maximum atomic E-state index is 13.0. The first-order chi connectivity index (χ1) is 11.6. The molecule has 0 saturated heterocycles. The molecule has 0 saturated carbocycles. The molecule has 3 rings (SSSR count). The summed E-state index contributed by atoms with van der Waals surface area (Å²) in [5.41, 5.74) is -0.488. The summed E-state index contributed by atoms with van der Waals surface area (Å²) < 4.78 is 63.0. The van der Waals surface area contributed by atoms with Crippen LogP contribution >= 0.6 is 11.6 Å². The van der Waals surface area contributed by atoms with Crippen molar-refractivity contribution in [2.75, 3.05) is 6.26 Å². The van der Waals surface area contributed by atoms with Crippen molar-refractivity contribution in [3.63, 3.8) is 0 Å². The van der Waals surface area contributed by atoms with Gasteiger partial charge in [-0.2, -0.15) is 13.2 Å². The van der Waals surface area contributed by atoms with Gasteiger partial charge in [-0.3, -0.25) is 0 Å². The Balaban J connectivity index is 2.34. The Morgan fingerprint density at radius 1 is 1.00 bits per heavy atom. The van der Waals surface area contributed by atoms with Crippen molar-refractivity contribution in [3.8, 4) is 11.3 Å². The summed E-state index contributed by atoms with van der Waals surface area (Å²) in [5, 5.41) is -0.0365. The lowest BCUT2D eigenvalue weighted by Gasteiger charge is -2.11. The van der Waals surface area contributed by atoms with E-state index in [1.165, 1.54) is 30.3 Å². The molecule has 0 unspecified atom stereocenters. The second-order valence-corrected chi connectivity index (χ2v) is 7.73. The summed E-state index contributed by atoms with van der Waals surface area (Å²) in [6.45, 7) is 0. The van der Waals surface area contributed by atoms with E-state index in [9.17, 15) is 21.6 Å². The maximum absolute atomic E-state index is 13.0. The van der Waals surface area contributed by atoms with Gasteiger partial charge in [0, 0.05) is 16.8 Å². The van der Waals surface area contributed by atoms with E-state index in [2.05, 4.69) is 9.97 Å². The van der Waals surface area contributed by atoms with Crippen molar-refractivity contribution in [2.45, 2.75) is 11.2 Å². The van der Waals surface area contributed by atoms with Crippen LogP contribution in [0.25, 0.3) is 22.3 Å². The zero-order chi connectivity index (χ0) is 18.4. The molecule has 0 spiro atoms. The summed E-state index contributed by atoms with van der Waals surface area (Å²) in [4.78, 5) is 8.27. The quantitative estimate of drug-likeness (QED) is 0.656. The largest absolute Gasteiger partial charge is 0.416 e. The number of nitrogens with zero attached hydrogens (tertiary/aromatic N) is 2. The standard InChI is InChI=1S/C16H10ClF3N2O2S/c1-25(23,24)15-14(9-3-2-4-10(7-9)16(18,19)20)21-13-8-11(17)5-6-12(13)22-15/h2-8H,1H3. The number of rotatable bonds is 2. The summed E-state index contributed by atoms with van der Waals surface area (Å²) in [6.07, 6.45) is -3.63. The Morgan fingerprint density at radius 2 is 1.72 bits per heavy atom. The molecule has 25 heavy (non-hydrogen) atoms. The number of sulfone groups is 1. The fourth-order valence-corrected chi connectivity index (χ4v) is 3.25. The predicted molar refractivity (Wildman–Crippen MR) is 88.1 cm³/mol.